The van der Waals surface area contributed by atoms with Gasteiger partial charge in [0.2, 0.25) is 5.91 Å². The van der Waals surface area contributed by atoms with E-state index in [4.69, 9.17) is 4.74 Å². The van der Waals surface area contributed by atoms with Crippen LogP contribution < -0.4 is 9.64 Å². The van der Waals surface area contributed by atoms with Crippen LogP contribution in [0.2, 0.25) is 0 Å². The molecule has 2 heterocycles. The Morgan fingerprint density at radius 3 is 2.43 bits per heavy atom. The summed E-state index contributed by atoms with van der Waals surface area (Å²) in [6, 6.07) is 16.4. The van der Waals surface area contributed by atoms with Crippen molar-refractivity contribution in [3.05, 3.63) is 59.8 Å². The van der Waals surface area contributed by atoms with Crippen molar-refractivity contribution in [3.8, 4) is 5.75 Å². The summed E-state index contributed by atoms with van der Waals surface area (Å²) in [5, 5.41) is 1.18. The van der Waals surface area contributed by atoms with Gasteiger partial charge in [0, 0.05) is 49.8 Å². The normalized spacial score (nSPS) is 14.5. The molecule has 1 aliphatic heterocycles. The molecule has 1 aromatic heterocycles. The van der Waals surface area contributed by atoms with Gasteiger partial charge in [-0.15, -0.1) is 0 Å². The Labute approximate surface area is 166 Å². The topological polar surface area (TPSA) is 37.7 Å². The van der Waals surface area contributed by atoms with Gasteiger partial charge in [-0.2, -0.15) is 0 Å². The molecule has 1 fully saturated rings. The number of methoxy groups -OCH3 is 1. The van der Waals surface area contributed by atoms with Crippen molar-refractivity contribution in [2.75, 3.05) is 38.2 Å². The summed E-state index contributed by atoms with van der Waals surface area (Å²) in [5.74, 6) is 1.09. The maximum absolute atomic E-state index is 13.0. The average Bonchev–Trinajstić information content (AvgIpc) is 2.99. The molecule has 0 radical (unpaired) electrons. The monoisotopic (exact) mass is 377 g/mol. The van der Waals surface area contributed by atoms with E-state index in [0.717, 1.165) is 43.2 Å². The molecule has 0 saturated carbocycles. The van der Waals surface area contributed by atoms with Crippen molar-refractivity contribution in [2.24, 2.45) is 7.05 Å². The first-order valence-corrected chi connectivity index (χ1v) is 9.78. The van der Waals surface area contributed by atoms with E-state index in [2.05, 4.69) is 41.6 Å². The predicted molar refractivity (Wildman–Crippen MR) is 113 cm³/mol. The smallest absolute Gasteiger partial charge is 0.227 e. The van der Waals surface area contributed by atoms with Gasteiger partial charge in [-0.25, -0.2) is 0 Å². The van der Waals surface area contributed by atoms with E-state index in [9.17, 15) is 4.79 Å². The van der Waals surface area contributed by atoms with E-state index in [-0.39, 0.29) is 5.91 Å². The third-order valence-electron chi connectivity index (χ3n) is 5.92. The van der Waals surface area contributed by atoms with Crippen molar-refractivity contribution in [1.82, 2.24) is 9.47 Å². The first-order chi connectivity index (χ1) is 13.6. The van der Waals surface area contributed by atoms with Crippen molar-refractivity contribution >= 4 is 22.5 Å². The molecule has 4 rings (SSSR count). The van der Waals surface area contributed by atoms with Crippen LogP contribution in [0.25, 0.3) is 10.9 Å². The number of hydrogen-bond donors (Lipinski definition) is 0. The van der Waals surface area contributed by atoms with Gasteiger partial charge in [-0.3, -0.25) is 4.79 Å². The molecule has 0 bridgehead atoms. The van der Waals surface area contributed by atoms with Crippen LogP contribution in [0.1, 0.15) is 11.3 Å². The molecule has 1 aliphatic rings. The zero-order chi connectivity index (χ0) is 19.7. The molecule has 0 unspecified atom stereocenters. The molecule has 0 atom stereocenters. The number of anilines is 1. The number of hydrogen-bond acceptors (Lipinski definition) is 3. The Morgan fingerprint density at radius 1 is 1.00 bits per heavy atom. The highest BCUT2D eigenvalue weighted by molar-refractivity contribution is 5.90. The summed E-state index contributed by atoms with van der Waals surface area (Å²) in [6.07, 6.45) is 0.460. The minimum absolute atomic E-state index is 0.208. The lowest BCUT2D eigenvalue weighted by Gasteiger charge is -2.36. The standard InChI is InChI=1S/C23H27N3O2/c1-17-19(18-8-4-5-9-20(18)24(17)2)16-23(27)26-14-12-25(13-15-26)21-10-6-7-11-22(21)28-3/h4-11H,12-16H2,1-3H3. The second kappa shape index (κ2) is 7.58. The fourth-order valence-electron chi connectivity index (χ4n) is 4.17. The largest absolute Gasteiger partial charge is 0.495 e. The number of piperazine rings is 1. The number of amides is 1. The lowest BCUT2D eigenvalue weighted by atomic mass is 10.1. The number of nitrogens with zero attached hydrogens (tertiary/aromatic N) is 3. The van der Waals surface area contributed by atoms with Crippen molar-refractivity contribution in [2.45, 2.75) is 13.3 Å². The number of para-hydroxylation sites is 3. The zero-order valence-corrected chi connectivity index (χ0v) is 16.8. The number of aromatic nitrogens is 1. The van der Waals surface area contributed by atoms with Gasteiger partial charge in [0.1, 0.15) is 5.75 Å². The molecule has 0 aliphatic carbocycles. The average molecular weight is 377 g/mol. The minimum Gasteiger partial charge on any atom is -0.495 e. The number of carbonyl (C=O) groups excluding carboxylic acids is 1. The van der Waals surface area contributed by atoms with Gasteiger partial charge in [0.25, 0.3) is 0 Å². The third-order valence-corrected chi connectivity index (χ3v) is 5.92. The molecule has 146 valence electrons. The molecule has 2 aromatic carbocycles. The van der Waals surface area contributed by atoms with Crippen LogP contribution in [-0.2, 0) is 18.3 Å². The Bertz CT molecular complexity index is 1000. The second-order valence-electron chi connectivity index (χ2n) is 7.36. The second-order valence-corrected chi connectivity index (χ2v) is 7.36. The van der Waals surface area contributed by atoms with E-state index >= 15 is 0 Å². The van der Waals surface area contributed by atoms with Crippen LogP contribution in [0, 0.1) is 6.92 Å². The van der Waals surface area contributed by atoms with Gasteiger partial charge in [-0.05, 0) is 30.7 Å². The lowest BCUT2D eigenvalue weighted by Crippen LogP contribution is -2.49. The highest BCUT2D eigenvalue weighted by Gasteiger charge is 2.24. The highest BCUT2D eigenvalue weighted by Crippen LogP contribution is 2.29. The van der Waals surface area contributed by atoms with Crippen LogP contribution in [0.5, 0.6) is 5.75 Å². The summed E-state index contributed by atoms with van der Waals surface area (Å²) in [4.78, 5) is 17.3. The zero-order valence-electron chi connectivity index (χ0n) is 16.8. The van der Waals surface area contributed by atoms with Crippen LogP contribution >= 0.6 is 0 Å². The number of fused-ring (bicyclic) bond motifs is 1. The highest BCUT2D eigenvalue weighted by atomic mass is 16.5. The summed E-state index contributed by atoms with van der Waals surface area (Å²) >= 11 is 0. The predicted octanol–water partition coefficient (Wildman–Crippen LogP) is 3.39. The van der Waals surface area contributed by atoms with E-state index in [1.165, 1.54) is 16.6 Å². The molecular formula is C23H27N3O2. The van der Waals surface area contributed by atoms with Gasteiger partial charge in [0.05, 0.1) is 19.2 Å². The fourth-order valence-corrected chi connectivity index (χ4v) is 4.17. The minimum atomic E-state index is 0.208. The van der Waals surface area contributed by atoms with Crippen LogP contribution in [0.4, 0.5) is 5.69 Å². The van der Waals surface area contributed by atoms with Crippen molar-refractivity contribution in [1.29, 1.82) is 0 Å². The first-order valence-electron chi connectivity index (χ1n) is 9.78. The Hall–Kier alpha value is -2.95. The first kappa shape index (κ1) is 18.4. The number of aryl methyl sites for hydroxylation is 1. The summed E-state index contributed by atoms with van der Waals surface area (Å²) < 4.78 is 7.66. The van der Waals surface area contributed by atoms with Crippen molar-refractivity contribution < 1.29 is 9.53 Å². The van der Waals surface area contributed by atoms with Gasteiger partial charge in [-0.1, -0.05) is 30.3 Å². The summed E-state index contributed by atoms with van der Waals surface area (Å²) in [7, 11) is 3.77. The van der Waals surface area contributed by atoms with E-state index in [1.807, 2.05) is 35.2 Å². The molecule has 3 aromatic rings. The maximum atomic E-state index is 13.0. The number of ether oxygens (including phenoxy) is 1. The SMILES string of the molecule is COc1ccccc1N1CCN(C(=O)Cc2c(C)n(C)c3ccccc23)CC1. The van der Waals surface area contributed by atoms with Crippen LogP contribution in [-0.4, -0.2) is 48.7 Å². The molecule has 1 saturated heterocycles. The Morgan fingerprint density at radius 2 is 1.68 bits per heavy atom. The summed E-state index contributed by atoms with van der Waals surface area (Å²) in [5.41, 5.74) is 4.60. The maximum Gasteiger partial charge on any atom is 0.227 e. The molecule has 0 spiro atoms. The van der Waals surface area contributed by atoms with Crippen molar-refractivity contribution in [3.63, 3.8) is 0 Å². The number of benzene rings is 2. The Balaban J connectivity index is 1.46. The number of rotatable bonds is 4. The molecule has 28 heavy (non-hydrogen) atoms. The molecule has 5 nitrogen and oxygen atoms in total. The fraction of sp³-hybridized carbons (Fsp3) is 0.348. The lowest BCUT2D eigenvalue weighted by molar-refractivity contribution is -0.130. The van der Waals surface area contributed by atoms with E-state index < -0.39 is 0 Å². The van der Waals surface area contributed by atoms with E-state index in [0.29, 0.717) is 6.42 Å². The molecule has 1 amide bonds. The summed E-state index contributed by atoms with van der Waals surface area (Å²) in [6.45, 7) is 5.21. The van der Waals surface area contributed by atoms with Gasteiger partial charge in [0.15, 0.2) is 0 Å². The molecular weight excluding hydrogens is 350 g/mol. The van der Waals surface area contributed by atoms with Gasteiger partial charge < -0.3 is 19.1 Å². The number of carbonyl (C=O) groups is 1. The third kappa shape index (κ3) is 3.21. The van der Waals surface area contributed by atoms with Gasteiger partial charge >= 0.3 is 0 Å². The van der Waals surface area contributed by atoms with Crippen LogP contribution in [0.3, 0.4) is 0 Å². The molecule has 0 N–H and O–H groups in total. The quantitative estimate of drug-likeness (QED) is 0.700. The molecule has 5 heteroatoms. The Kier molecular flexibility index (Phi) is 4.99. The van der Waals surface area contributed by atoms with E-state index in [1.54, 1.807) is 7.11 Å². The van der Waals surface area contributed by atoms with Crippen LogP contribution in [0.15, 0.2) is 48.5 Å².